The van der Waals surface area contributed by atoms with E-state index in [1.807, 2.05) is 30.3 Å². The molecule has 2 bridgehead atoms. The Labute approximate surface area is 210 Å². The van der Waals surface area contributed by atoms with Crippen molar-refractivity contribution in [2.45, 2.75) is 75.2 Å². The number of fused-ring (bicyclic) bond motifs is 2. The first-order chi connectivity index (χ1) is 17.3. The van der Waals surface area contributed by atoms with Crippen LogP contribution < -0.4 is 11.1 Å². The molecule has 2 aromatic rings. The normalized spacial score (nSPS) is 23.9. The van der Waals surface area contributed by atoms with Crippen molar-refractivity contribution < 1.29 is 23.9 Å². The minimum Gasteiger partial charge on any atom is -0.463 e. The predicted octanol–water partition coefficient (Wildman–Crippen LogP) is 1.28. The second-order valence-electron chi connectivity index (χ2n) is 9.79. The maximum Gasteiger partial charge on any atom is 0.329 e. The summed E-state index contributed by atoms with van der Waals surface area (Å²) in [4.78, 5) is 47.9. The second-order valence-corrected chi connectivity index (χ2v) is 9.79. The third kappa shape index (κ3) is 6.30. The molecule has 1 aromatic heterocycles. The third-order valence-corrected chi connectivity index (χ3v) is 7.20. The molecule has 0 spiro atoms. The van der Waals surface area contributed by atoms with E-state index >= 15 is 0 Å². The molecule has 2 aliphatic heterocycles. The van der Waals surface area contributed by atoms with Crippen LogP contribution in [0.3, 0.4) is 0 Å². The molecule has 6 atom stereocenters. The average Bonchev–Trinajstić information content (AvgIpc) is 3.43. The maximum absolute atomic E-state index is 13.3. The number of H-pyrrole nitrogens is 1. The number of carbonyl (C=O) groups is 3. The number of ether oxygens (including phenoxy) is 2. The molecule has 1 aromatic carbocycles. The second kappa shape index (κ2) is 11.7. The summed E-state index contributed by atoms with van der Waals surface area (Å²) >= 11 is 0. The lowest BCUT2D eigenvalue weighted by Crippen LogP contribution is -2.49. The highest BCUT2D eigenvalue weighted by Crippen LogP contribution is 2.36. The van der Waals surface area contributed by atoms with Crippen molar-refractivity contribution in [1.29, 1.82) is 0 Å². The minimum atomic E-state index is -0.997. The van der Waals surface area contributed by atoms with E-state index in [0.717, 1.165) is 25.7 Å². The number of nitrogens with two attached hydrogens (primary N) is 1. The van der Waals surface area contributed by atoms with E-state index in [-0.39, 0.29) is 19.1 Å². The van der Waals surface area contributed by atoms with Crippen molar-refractivity contribution in [3.05, 3.63) is 54.1 Å². The van der Waals surface area contributed by atoms with Gasteiger partial charge in [-0.3, -0.25) is 9.59 Å². The molecule has 2 saturated heterocycles. The summed E-state index contributed by atoms with van der Waals surface area (Å²) in [7, 11) is 2.14. The van der Waals surface area contributed by atoms with Gasteiger partial charge in [0, 0.05) is 24.7 Å². The van der Waals surface area contributed by atoms with E-state index in [1.165, 1.54) is 13.3 Å². The van der Waals surface area contributed by atoms with E-state index in [1.54, 1.807) is 6.20 Å². The molecule has 4 rings (SSSR count). The van der Waals surface area contributed by atoms with Crippen molar-refractivity contribution in [3.63, 3.8) is 0 Å². The Bertz CT molecular complexity index is 1010. The third-order valence-electron chi connectivity index (χ3n) is 7.20. The van der Waals surface area contributed by atoms with Gasteiger partial charge in [-0.15, -0.1) is 0 Å². The van der Waals surface area contributed by atoms with Crippen molar-refractivity contribution >= 4 is 17.8 Å². The molecule has 0 saturated carbocycles. The SMILES string of the molecule is CC(N)C(=O)NC(Cc1c[nH]cn1)C(=O)OCC(C(=O)O[C@H]1C[C@H]2CC[C@@H](C1)N2C)c1ccccc1. The molecule has 1 amide bonds. The number of imidazole rings is 1. The molecule has 2 aliphatic rings. The van der Waals surface area contributed by atoms with E-state index < -0.39 is 35.8 Å². The average molecular weight is 498 g/mol. The first kappa shape index (κ1) is 25.8. The number of benzene rings is 1. The van der Waals surface area contributed by atoms with Crippen LogP contribution in [0.25, 0.3) is 0 Å². The zero-order chi connectivity index (χ0) is 25.7. The Morgan fingerprint density at radius 1 is 1.17 bits per heavy atom. The lowest BCUT2D eigenvalue weighted by molar-refractivity contribution is -0.159. The van der Waals surface area contributed by atoms with E-state index in [4.69, 9.17) is 15.2 Å². The molecule has 0 radical (unpaired) electrons. The molecular formula is C26H35N5O5. The van der Waals surface area contributed by atoms with Crippen LogP contribution in [-0.2, 0) is 30.3 Å². The van der Waals surface area contributed by atoms with E-state index in [2.05, 4.69) is 27.2 Å². The number of hydrogen-bond acceptors (Lipinski definition) is 8. The van der Waals surface area contributed by atoms with Gasteiger partial charge in [0.2, 0.25) is 5.91 Å². The van der Waals surface area contributed by atoms with Gasteiger partial charge in [0.15, 0.2) is 0 Å². The zero-order valence-electron chi connectivity index (χ0n) is 20.8. The van der Waals surface area contributed by atoms with Gasteiger partial charge in [0.25, 0.3) is 0 Å². The summed E-state index contributed by atoms with van der Waals surface area (Å²) in [5, 5.41) is 2.62. The summed E-state index contributed by atoms with van der Waals surface area (Å²) in [6.45, 7) is 1.33. The maximum atomic E-state index is 13.3. The van der Waals surface area contributed by atoms with Gasteiger partial charge in [-0.25, -0.2) is 9.78 Å². The van der Waals surface area contributed by atoms with E-state index in [0.29, 0.717) is 23.3 Å². The highest BCUT2D eigenvalue weighted by Gasteiger charge is 2.40. The standard InChI is InChI=1S/C26H35N5O5/c1-16(27)24(32)30-23(10-18-13-28-15-29-18)26(34)35-14-22(17-6-4-3-5-7-17)25(33)36-21-11-19-8-9-20(12-21)31(19)2/h3-7,13,15-16,19-23H,8-12,14,27H2,1-2H3,(H,28,29)(H,30,32)/t16?,19-,20+,21+,22?,23?. The monoisotopic (exact) mass is 497 g/mol. The Morgan fingerprint density at radius 2 is 1.86 bits per heavy atom. The number of hydrogen-bond donors (Lipinski definition) is 3. The molecule has 3 heterocycles. The van der Waals surface area contributed by atoms with Gasteiger partial charge in [-0.1, -0.05) is 30.3 Å². The quantitative estimate of drug-likeness (QED) is 0.417. The molecule has 2 fully saturated rings. The molecule has 10 heteroatoms. The van der Waals surface area contributed by atoms with Crippen LogP contribution in [0.15, 0.2) is 42.9 Å². The van der Waals surface area contributed by atoms with Gasteiger partial charge < -0.3 is 30.4 Å². The molecular weight excluding hydrogens is 462 g/mol. The number of rotatable bonds is 10. The smallest absolute Gasteiger partial charge is 0.329 e. The van der Waals surface area contributed by atoms with Crippen LogP contribution in [0.1, 0.15) is 49.8 Å². The number of aromatic nitrogens is 2. The number of nitrogens with one attached hydrogen (secondary N) is 2. The first-order valence-corrected chi connectivity index (χ1v) is 12.5. The van der Waals surface area contributed by atoms with Gasteiger partial charge in [0.05, 0.1) is 18.1 Å². The van der Waals surface area contributed by atoms with Crippen molar-refractivity contribution in [2.24, 2.45) is 5.73 Å². The summed E-state index contributed by atoms with van der Waals surface area (Å²) in [5.74, 6) is -2.34. The zero-order valence-corrected chi connectivity index (χ0v) is 20.8. The van der Waals surface area contributed by atoms with Gasteiger partial charge in [0.1, 0.15) is 24.7 Å². The van der Waals surface area contributed by atoms with Gasteiger partial charge in [-0.05, 0) is 45.2 Å². The number of nitrogens with zero attached hydrogens (tertiary/aromatic N) is 2. The first-order valence-electron chi connectivity index (χ1n) is 12.5. The van der Waals surface area contributed by atoms with Crippen LogP contribution >= 0.6 is 0 Å². The molecule has 3 unspecified atom stereocenters. The van der Waals surface area contributed by atoms with Crippen LogP contribution in [0.2, 0.25) is 0 Å². The Balaban J connectivity index is 1.43. The van der Waals surface area contributed by atoms with Crippen LogP contribution in [0.4, 0.5) is 0 Å². The molecule has 36 heavy (non-hydrogen) atoms. The molecule has 194 valence electrons. The number of amides is 1. The number of carbonyl (C=O) groups excluding carboxylic acids is 3. The lowest BCUT2D eigenvalue weighted by Gasteiger charge is -2.36. The fourth-order valence-corrected chi connectivity index (χ4v) is 5.06. The number of esters is 2. The van der Waals surface area contributed by atoms with Crippen molar-refractivity contribution in [3.8, 4) is 0 Å². The highest BCUT2D eigenvalue weighted by atomic mass is 16.6. The summed E-state index contributed by atoms with van der Waals surface area (Å²) in [6.07, 6.45) is 6.98. The molecule has 4 N–H and O–H groups in total. The molecule has 0 aliphatic carbocycles. The van der Waals surface area contributed by atoms with Crippen molar-refractivity contribution in [2.75, 3.05) is 13.7 Å². The van der Waals surface area contributed by atoms with Crippen LogP contribution in [0, 0.1) is 0 Å². The topological polar surface area (TPSA) is 140 Å². The van der Waals surface area contributed by atoms with Crippen LogP contribution in [0.5, 0.6) is 0 Å². The number of aromatic amines is 1. The molecule has 10 nitrogen and oxygen atoms in total. The summed E-state index contributed by atoms with van der Waals surface area (Å²) in [6, 6.07) is 8.23. The van der Waals surface area contributed by atoms with Gasteiger partial charge >= 0.3 is 11.9 Å². The number of piperidine rings is 1. The van der Waals surface area contributed by atoms with E-state index in [9.17, 15) is 14.4 Å². The van der Waals surface area contributed by atoms with Crippen LogP contribution in [-0.4, -0.2) is 76.6 Å². The largest absolute Gasteiger partial charge is 0.463 e. The van der Waals surface area contributed by atoms with Crippen molar-refractivity contribution in [1.82, 2.24) is 20.2 Å². The summed E-state index contributed by atoms with van der Waals surface area (Å²) < 4.78 is 11.5. The fourth-order valence-electron chi connectivity index (χ4n) is 5.06. The predicted molar refractivity (Wildman–Crippen MR) is 132 cm³/mol. The fraction of sp³-hybridized carbons (Fsp3) is 0.538. The Kier molecular flexibility index (Phi) is 8.37. The Morgan fingerprint density at radius 3 is 2.47 bits per heavy atom. The minimum absolute atomic E-state index is 0.125. The highest BCUT2D eigenvalue weighted by molar-refractivity contribution is 5.87. The Hall–Kier alpha value is -3.24. The summed E-state index contributed by atoms with van der Waals surface area (Å²) in [5.41, 5.74) is 6.95. The lowest BCUT2D eigenvalue weighted by atomic mass is 9.98. The van der Waals surface area contributed by atoms with Gasteiger partial charge in [-0.2, -0.15) is 0 Å².